The molecule has 8 aromatic carbocycles. The molecule has 8 aromatic rings. The van der Waals surface area contributed by atoms with E-state index < -0.39 is 0 Å². The summed E-state index contributed by atoms with van der Waals surface area (Å²) in [4.78, 5) is 0. The van der Waals surface area contributed by atoms with Crippen molar-refractivity contribution < 1.29 is 0 Å². The van der Waals surface area contributed by atoms with Gasteiger partial charge < -0.3 is 0 Å². The summed E-state index contributed by atoms with van der Waals surface area (Å²) in [7, 11) is 0. The van der Waals surface area contributed by atoms with Crippen molar-refractivity contribution in [1.82, 2.24) is 0 Å². The second-order valence-electron chi connectivity index (χ2n) is 15.7. The lowest BCUT2D eigenvalue weighted by atomic mass is 10.0. The number of benzene rings is 8. The van der Waals surface area contributed by atoms with E-state index >= 15 is 0 Å². The van der Waals surface area contributed by atoms with E-state index in [4.69, 9.17) is 0 Å². The summed E-state index contributed by atoms with van der Waals surface area (Å²) in [6.45, 7) is 54.6. The van der Waals surface area contributed by atoms with Crippen LogP contribution in [0.3, 0.4) is 0 Å². The van der Waals surface area contributed by atoms with Crippen LogP contribution in [-0.4, -0.2) is 0 Å². The minimum atomic E-state index is 0.884. The first-order valence-electron chi connectivity index (χ1n) is 34.4. The van der Waals surface area contributed by atoms with Crippen LogP contribution in [0.1, 0.15) is 238 Å². The molecule has 0 spiro atoms. The maximum Gasteiger partial charge on any atom is -0.0238 e. The molecule has 0 nitrogen and oxygen atoms in total. The van der Waals surface area contributed by atoms with Crippen LogP contribution in [0, 0.1) is 5.92 Å². The van der Waals surface area contributed by atoms with Crippen molar-refractivity contribution in [2.45, 2.75) is 245 Å². The van der Waals surface area contributed by atoms with Crippen molar-refractivity contribution in [3.63, 3.8) is 0 Å². The lowest BCUT2D eigenvalue weighted by Gasteiger charge is -2.01. The van der Waals surface area contributed by atoms with E-state index in [1.807, 2.05) is 166 Å². The van der Waals surface area contributed by atoms with Gasteiger partial charge in [-0.15, -0.1) is 0 Å². The molecule has 0 aromatic heterocycles. The average molecular weight is 1160 g/mol. The summed E-state index contributed by atoms with van der Waals surface area (Å²) >= 11 is 0. The highest BCUT2D eigenvalue weighted by atomic mass is 14.0. The van der Waals surface area contributed by atoms with Gasteiger partial charge in [-0.3, -0.25) is 0 Å². The third kappa shape index (κ3) is 70.2. The molecule has 0 aliphatic heterocycles. The molecule has 0 saturated heterocycles. The zero-order valence-electron chi connectivity index (χ0n) is 61.0. The fourth-order valence-electron chi connectivity index (χ4n) is 6.31. The van der Waals surface area contributed by atoms with Gasteiger partial charge in [-0.1, -0.05) is 436 Å². The fraction of sp³-hybridized carbons (Fsp3) is 0.435. The predicted octanol–water partition coefficient (Wildman–Crippen LogP) is 28.3. The van der Waals surface area contributed by atoms with Gasteiger partial charge in [0.25, 0.3) is 0 Å². The van der Waals surface area contributed by atoms with Gasteiger partial charge in [-0.2, -0.15) is 0 Å². The summed E-state index contributed by atoms with van der Waals surface area (Å²) < 4.78 is 0. The van der Waals surface area contributed by atoms with Crippen molar-refractivity contribution in [2.24, 2.45) is 5.92 Å². The fourth-order valence-corrected chi connectivity index (χ4v) is 6.31. The first-order valence-corrected chi connectivity index (χ1v) is 34.4. The SMILES string of the molecule is CC.CC.CC.CC.CC.CC.CC.CC.CC.CC.CC.CC.CCC(C)C.c1ccc(CCc2ccccc2)cc1.c1ccc(CCc2ccccc2)cc1.c1ccc(CCc2ccccc2)cc1.c1ccc(CCc2ccccc2)cc1. The molecule has 0 fully saturated rings. The van der Waals surface area contributed by atoms with E-state index in [0.29, 0.717) is 0 Å². The summed E-state index contributed by atoms with van der Waals surface area (Å²) in [6, 6.07) is 85.0. The Morgan fingerprint density at radius 1 is 0.165 bits per heavy atom. The van der Waals surface area contributed by atoms with Crippen molar-refractivity contribution in [3.05, 3.63) is 287 Å². The number of aryl methyl sites for hydroxylation is 8. The smallest absolute Gasteiger partial charge is 0.0238 e. The van der Waals surface area contributed by atoms with E-state index in [9.17, 15) is 0 Å². The summed E-state index contributed by atoms with van der Waals surface area (Å²) in [5.74, 6) is 0.884. The Morgan fingerprint density at radius 3 is 0.294 bits per heavy atom. The van der Waals surface area contributed by atoms with Crippen LogP contribution in [-0.2, 0) is 51.4 Å². The Bertz CT molecular complexity index is 1670. The zero-order valence-corrected chi connectivity index (χ0v) is 61.0. The Kier molecular flexibility index (Phi) is 108. The van der Waals surface area contributed by atoms with E-state index in [0.717, 1.165) is 57.3 Å². The van der Waals surface area contributed by atoms with Crippen molar-refractivity contribution in [2.75, 3.05) is 0 Å². The van der Waals surface area contributed by atoms with Crippen molar-refractivity contribution in [1.29, 1.82) is 0 Å². The van der Waals surface area contributed by atoms with Gasteiger partial charge in [0.2, 0.25) is 0 Å². The maximum atomic E-state index is 2.22. The van der Waals surface area contributed by atoms with Crippen molar-refractivity contribution >= 4 is 0 Å². The Morgan fingerprint density at radius 2 is 0.235 bits per heavy atom. The highest BCUT2D eigenvalue weighted by Crippen LogP contribution is 2.10. The molecular weight excluding hydrogens is 1020 g/mol. The molecule has 0 atom stereocenters. The van der Waals surface area contributed by atoms with Crippen LogP contribution in [0.5, 0.6) is 0 Å². The second kappa shape index (κ2) is 94.1. The highest BCUT2D eigenvalue weighted by Gasteiger charge is 1.96. The van der Waals surface area contributed by atoms with Crippen molar-refractivity contribution in [3.8, 4) is 0 Å². The molecule has 0 amide bonds. The van der Waals surface area contributed by atoms with Gasteiger partial charge in [-0.25, -0.2) is 0 Å². The Balaban J connectivity index is -0.000000113. The van der Waals surface area contributed by atoms with E-state index in [1.54, 1.807) is 0 Å². The molecule has 0 N–H and O–H groups in total. The van der Waals surface area contributed by atoms with Crippen LogP contribution in [0.15, 0.2) is 243 Å². The molecule has 0 aliphatic carbocycles. The van der Waals surface area contributed by atoms with Crippen LogP contribution in [0.4, 0.5) is 0 Å². The Labute approximate surface area is 534 Å². The first kappa shape index (κ1) is 97.9. The minimum Gasteiger partial charge on any atom is -0.0683 e. The highest BCUT2D eigenvalue weighted by molar-refractivity contribution is 5.23. The summed E-state index contributed by atoms with van der Waals surface area (Å²) in [5, 5.41) is 0. The minimum absolute atomic E-state index is 0.884. The van der Waals surface area contributed by atoms with Gasteiger partial charge in [0.1, 0.15) is 0 Å². The third-order valence-electron chi connectivity index (χ3n) is 10.4. The van der Waals surface area contributed by atoms with Crippen LogP contribution in [0.25, 0.3) is 0 Å². The van der Waals surface area contributed by atoms with E-state index in [2.05, 4.69) is 263 Å². The molecule has 0 heterocycles. The molecule has 0 unspecified atom stereocenters. The average Bonchev–Trinajstić information content (AvgIpc) is 3.65. The molecule has 0 radical (unpaired) electrons. The van der Waals surface area contributed by atoms with E-state index in [1.165, 1.54) is 50.9 Å². The van der Waals surface area contributed by atoms with E-state index in [-0.39, 0.29) is 0 Å². The van der Waals surface area contributed by atoms with Gasteiger partial charge in [0, 0.05) is 0 Å². The molecule has 0 heteroatoms. The van der Waals surface area contributed by atoms with Gasteiger partial charge in [-0.05, 0) is 102 Å². The number of hydrogen-bond donors (Lipinski definition) is 0. The zero-order chi connectivity index (χ0) is 66.8. The standard InChI is InChI=1S/4C14H14.C5H12.12C2H6/c4*1-3-7-13(8-4-1)11-12-14-9-5-2-6-10-14;1-4-5(2)3;12*1-2/h4*1-10H,11-12H2;5H,4H2,1-3H3;12*1-2H3. The third-order valence-corrected chi connectivity index (χ3v) is 10.4. The lowest BCUT2D eigenvalue weighted by molar-refractivity contribution is 0.626. The number of hydrogen-bond acceptors (Lipinski definition) is 0. The molecule has 8 rings (SSSR count). The largest absolute Gasteiger partial charge is 0.0683 e. The van der Waals surface area contributed by atoms with Gasteiger partial charge in [0.05, 0.1) is 0 Å². The predicted molar refractivity (Wildman–Crippen MR) is 402 cm³/mol. The maximum absolute atomic E-state index is 2.22. The first-order chi connectivity index (χ1) is 42.1. The van der Waals surface area contributed by atoms with Crippen LogP contribution >= 0.6 is 0 Å². The van der Waals surface area contributed by atoms with Gasteiger partial charge >= 0.3 is 0 Å². The molecule has 480 valence electrons. The quantitative estimate of drug-likeness (QED) is 0.108. The summed E-state index contributed by atoms with van der Waals surface area (Å²) in [5.41, 5.74) is 11.3. The molecule has 0 saturated carbocycles. The van der Waals surface area contributed by atoms with Crippen LogP contribution < -0.4 is 0 Å². The molecular formula is C85H140. The normalized spacial score (nSPS) is 8.00. The monoisotopic (exact) mass is 1160 g/mol. The Hall–Kier alpha value is -6.24. The lowest BCUT2D eigenvalue weighted by Crippen LogP contribution is -1.89. The second-order valence-corrected chi connectivity index (χ2v) is 15.7. The topological polar surface area (TPSA) is 0 Å². The van der Waals surface area contributed by atoms with Gasteiger partial charge in [0.15, 0.2) is 0 Å². The van der Waals surface area contributed by atoms with Crippen LogP contribution in [0.2, 0.25) is 0 Å². The molecule has 85 heavy (non-hydrogen) atoms. The number of rotatable bonds is 13. The molecule has 0 bridgehead atoms. The summed E-state index contributed by atoms with van der Waals surface area (Å²) in [6.07, 6.45) is 10.3. The molecule has 0 aliphatic rings.